The van der Waals surface area contributed by atoms with Crippen molar-refractivity contribution in [1.29, 1.82) is 0 Å². The van der Waals surface area contributed by atoms with Crippen LogP contribution in [0.2, 0.25) is 5.02 Å². The third-order valence-corrected chi connectivity index (χ3v) is 7.57. The van der Waals surface area contributed by atoms with Gasteiger partial charge in [-0.05, 0) is 69.7 Å². The van der Waals surface area contributed by atoms with Crippen LogP contribution in [-0.4, -0.2) is 65.3 Å². The average Bonchev–Trinajstić information content (AvgIpc) is 2.87. The topological polar surface area (TPSA) is 81.8 Å². The van der Waals surface area contributed by atoms with Gasteiger partial charge in [-0.3, -0.25) is 19.3 Å². The van der Waals surface area contributed by atoms with Gasteiger partial charge in [0.25, 0.3) is 0 Å². The number of halogens is 1. The Bertz CT molecular complexity index is 991. The van der Waals surface area contributed by atoms with Crippen molar-refractivity contribution >= 4 is 29.3 Å². The minimum atomic E-state index is -0.643. The lowest BCUT2D eigenvalue weighted by molar-refractivity contribution is -0.140. The van der Waals surface area contributed by atoms with Gasteiger partial charge in [-0.2, -0.15) is 0 Å². The van der Waals surface area contributed by atoms with Crippen LogP contribution in [0.4, 0.5) is 0 Å². The fourth-order valence-corrected chi connectivity index (χ4v) is 5.25. The molecule has 0 unspecified atom stereocenters. The Morgan fingerprint density at radius 1 is 1.11 bits per heavy atom. The van der Waals surface area contributed by atoms with E-state index in [4.69, 9.17) is 11.6 Å². The van der Waals surface area contributed by atoms with Crippen molar-refractivity contribution in [2.45, 2.75) is 98.4 Å². The number of amides is 3. The summed E-state index contributed by atoms with van der Waals surface area (Å²) in [4.78, 5) is 43.8. The van der Waals surface area contributed by atoms with E-state index in [1.165, 1.54) is 0 Å². The third kappa shape index (κ3) is 8.84. The maximum absolute atomic E-state index is 13.7. The molecule has 3 atom stereocenters. The summed E-state index contributed by atoms with van der Waals surface area (Å²) < 4.78 is 0. The lowest BCUT2D eigenvalue weighted by Crippen LogP contribution is -2.58. The molecule has 3 amide bonds. The molecule has 212 valence electrons. The normalized spacial score (nSPS) is 18.4. The van der Waals surface area contributed by atoms with E-state index >= 15 is 0 Å². The zero-order valence-electron chi connectivity index (χ0n) is 24.4. The SMILES string of the molecule is C/C(=C\[C@H](C(C)C)N(C)C(=O)[C@@H](NC(=O)[C@H]1CCCCN1C(C)C)C(C)C)C(=O)NCc1cccc(Cl)c1. The molecule has 8 heteroatoms. The number of carbonyl (C=O) groups excluding carboxylic acids is 3. The molecule has 2 N–H and O–H groups in total. The third-order valence-electron chi connectivity index (χ3n) is 7.34. The number of nitrogens with one attached hydrogen (secondary N) is 2. The molecule has 1 aliphatic heterocycles. The lowest BCUT2D eigenvalue weighted by Gasteiger charge is -2.39. The summed E-state index contributed by atoms with van der Waals surface area (Å²) in [5.41, 5.74) is 1.45. The molecular weight excluding hydrogens is 500 g/mol. The molecule has 1 aromatic carbocycles. The van der Waals surface area contributed by atoms with E-state index in [9.17, 15) is 14.4 Å². The molecular formula is C30H47ClN4O3. The van der Waals surface area contributed by atoms with Crippen molar-refractivity contribution < 1.29 is 14.4 Å². The highest BCUT2D eigenvalue weighted by Gasteiger charge is 2.36. The van der Waals surface area contributed by atoms with Gasteiger partial charge in [-0.15, -0.1) is 0 Å². The van der Waals surface area contributed by atoms with E-state index in [-0.39, 0.29) is 47.7 Å². The van der Waals surface area contributed by atoms with E-state index in [2.05, 4.69) is 29.4 Å². The Balaban J connectivity index is 2.13. The van der Waals surface area contributed by atoms with Crippen molar-refractivity contribution in [1.82, 2.24) is 20.4 Å². The molecule has 1 heterocycles. The summed E-state index contributed by atoms with van der Waals surface area (Å²) in [6, 6.07) is 6.47. The number of likely N-dealkylation sites (tertiary alicyclic amines) is 1. The van der Waals surface area contributed by atoms with Crippen LogP contribution in [0.3, 0.4) is 0 Å². The van der Waals surface area contributed by atoms with Gasteiger partial charge < -0.3 is 15.5 Å². The first-order chi connectivity index (χ1) is 17.8. The number of hydrogen-bond donors (Lipinski definition) is 2. The second-order valence-corrected chi connectivity index (χ2v) is 11.9. The monoisotopic (exact) mass is 546 g/mol. The number of piperidine rings is 1. The zero-order valence-corrected chi connectivity index (χ0v) is 25.1. The van der Waals surface area contributed by atoms with Gasteiger partial charge in [0.05, 0.1) is 12.1 Å². The van der Waals surface area contributed by atoms with E-state index < -0.39 is 6.04 Å². The maximum Gasteiger partial charge on any atom is 0.246 e. The second-order valence-electron chi connectivity index (χ2n) is 11.4. The highest BCUT2D eigenvalue weighted by molar-refractivity contribution is 6.30. The Labute approximate surface area is 234 Å². The predicted octanol–water partition coefficient (Wildman–Crippen LogP) is 4.79. The molecule has 1 aromatic rings. The van der Waals surface area contributed by atoms with Crippen molar-refractivity contribution in [3.8, 4) is 0 Å². The number of rotatable bonds is 11. The molecule has 0 spiro atoms. The van der Waals surface area contributed by atoms with Crippen molar-refractivity contribution in [2.24, 2.45) is 11.8 Å². The summed E-state index contributed by atoms with van der Waals surface area (Å²) in [5.74, 6) is -0.438. The molecule has 2 rings (SSSR count). The van der Waals surface area contributed by atoms with Gasteiger partial charge in [0.15, 0.2) is 0 Å². The van der Waals surface area contributed by atoms with Gasteiger partial charge in [-0.1, -0.05) is 63.9 Å². The molecule has 0 aromatic heterocycles. The molecule has 0 radical (unpaired) electrons. The molecule has 7 nitrogen and oxygen atoms in total. The second kappa shape index (κ2) is 14.7. The Morgan fingerprint density at radius 3 is 2.37 bits per heavy atom. The Morgan fingerprint density at radius 2 is 1.79 bits per heavy atom. The minimum absolute atomic E-state index is 0.0675. The van der Waals surface area contributed by atoms with Crippen LogP contribution in [0.5, 0.6) is 0 Å². The quantitative estimate of drug-likeness (QED) is 0.391. The van der Waals surface area contributed by atoms with Crippen LogP contribution >= 0.6 is 11.6 Å². The highest BCUT2D eigenvalue weighted by Crippen LogP contribution is 2.21. The number of carbonyl (C=O) groups is 3. The molecule has 0 saturated carbocycles. The summed E-state index contributed by atoms with van der Waals surface area (Å²) in [7, 11) is 1.75. The zero-order chi connectivity index (χ0) is 28.6. The molecule has 1 fully saturated rings. The van der Waals surface area contributed by atoms with E-state index in [0.29, 0.717) is 17.1 Å². The summed E-state index contributed by atoms with van der Waals surface area (Å²) >= 11 is 6.04. The summed E-state index contributed by atoms with van der Waals surface area (Å²) in [6.45, 7) is 15.2. The predicted molar refractivity (Wildman–Crippen MR) is 155 cm³/mol. The van der Waals surface area contributed by atoms with Gasteiger partial charge in [0, 0.05) is 30.2 Å². The molecule has 0 aliphatic carbocycles. The first-order valence-corrected chi connectivity index (χ1v) is 14.2. The van der Waals surface area contributed by atoms with Crippen molar-refractivity contribution in [2.75, 3.05) is 13.6 Å². The summed E-state index contributed by atoms with van der Waals surface area (Å²) in [5, 5.41) is 6.63. The van der Waals surface area contributed by atoms with Crippen LogP contribution in [0, 0.1) is 11.8 Å². The van der Waals surface area contributed by atoms with E-state index in [1.54, 1.807) is 24.9 Å². The van der Waals surface area contributed by atoms with Crippen LogP contribution in [0.25, 0.3) is 0 Å². The molecule has 1 saturated heterocycles. The number of benzene rings is 1. The Kier molecular flexibility index (Phi) is 12.3. The average molecular weight is 547 g/mol. The first kappa shape index (κ1) is 31.8. The van der Waals surface area contributed by atoms with Gasteiger partial charge in [0.2, 0.25) is 17.7 Å². The van der Waals surface area contributed by atoms with Crippen LogP contribution in [0.15, 0.2) is 35.9 Å². The standard InChI is InChI=1S/C30H47ClN4O3/c1-19(2)26(16-22(7)28(36)32-18-23-12-11-13-24(31)17-23)34(8)30(38)27(20(3)4)33-29(37)25-14-9-10-15-35(25)21(5)6/h11-13,16-17,19-21,25-27H,9-10,14-15,18H2,1-8H3,(H,32,36)(H,33,37)/b22-16+/t25-,26-,27+/m1/s1. The Hall–Kier alpha value is -2.38. The highest BCUT2D eigenvalue weighted by atomic mass is 35.5. The lowest BCUT2D eigenvalue weighted by atomic mass is 9.95. The fourth-order valence-electron chi connectivity index (χ4n) is 5.03. The molecule has 0 bridgehead atoms. The van der Waals surface area contributed by atoms with Gasteiger partial charge in [0.1, 0.15) is 6.04 Å². The number of likely N-dealkylation sites (N-methyl/N-ethyl adjacent to an activating group) is 1. The number of hydrogen-bond acceptors (Lipinski definition) is 4. The fraction of sp³-hybridized carbons (Fsp3) is 0.633. The van der Waals surface area contributed by atoms with Crippen LogP contribution in [-0.2, 0) is 20.9 Å². The largest absolute Gasteiger partial charge is 0.348 e. The molecule has 38 heavy (non-hydrogen) atoms. The van der Waals surface area contributed by atoms with Crippen LogP contribution < -0.4 is 10.6 Å². The van der Waals surface area contributed by atoms with E-state index in [0.717, 1.165) is 31.4 Å². The smallest absolute Gasteiger partial charge is 0.246 e. The minimum Gasteiger partial charge on any atom is -0.348 e. The van der Waals surface area contributed by atoms with Crippen molar-refractivity contribution in [3.05, 3.63) is 46.5 Å². The van der Waals surface area contributed by atoms with Crippen LogP contribution in [0.1, 0.15) is 73.3 Å². The van der Waals surface area contributed by atoms with E-state index in [1.807, 2.05) is 52.0 Å². The van der Waals surface area contributed by atoms with Gasteiger partial charge in [-0.25, -0.2) is 0 Å². The summed E-state index contributed by atoms with van der Waals surface area (Å²) in [6.07, 6.45) is 4.75. The maximum atomic E-state index is 13.7. The first-order valence-electron chi connectivity index (χ1n) is 13.9. The number of nitrogens with zero attached hydrogens (tertiary/aromatic N) is 2. The molecule has 1 aliphatic rings. The van der Waals surface area contributed by atoms with Crippen molar-refractivity contribution in [3.63, 3.8) is 0 Å². The van der Waals surface area contributed by atoms with Gasteiger partial charge >= 0.3 is 0 Å².